The first kappa shape index (κ1) is 15.0. The summed E-state index contributed by atoms with van der Waals surface area (Å²) in [6.07, 6.45) is 2.68. The Morgan fingerprint density at radius 2 is 1.91 bits per heavy atom. The molecule has 3 rings (SSSR count). The lowest BCUT2D eigenvalue weighted by molar-refractivity contribution is -0.129. The van der Waals surface area contributed by atoms with Crippen LogP contribution in [0.15, 0.2) is 30.3 Å². The van der Waals surface area contributed by atoms with E-state index in [2.05, 4.69) is 0 Å². The minimum absolute atomic E-state index is 0.136. The Labute approximate surface area is 130 Å². The maximum absolute atomic E-state index is 12.5. The number of carbonyl (C=O) groups excluding carboxylic acids is 2. The van der Waals surface area contributed by atoms with Gasteiger partial charge in [-0.25, -0.2) is 9.69 Å². The van der Waals surface area contributed by atoms with E-state index in [1.165, 1.54) is 4.90 Å². The summed E-state index contributed by atoms with van der Waals surface area (Å²) in [5.74, 6) is 0.384. The second-order valence-electron chi connectivity index (χ2n) is 5.86. The zero-order chi connectivity index (χ0) is 15.4. The molecule has 2 fully saturated rings. The first-order valence-corrected chi connectivity index (χ1v) is 7.87. The minimum Gasteiger partial charge on any atom is -0.446 e. The SMILES string of the molecule is O=C(CCC1CCOCC1)N1C(=O)OC[C@H]1c1ccccc1. The number of carbonyl (C=O) groups is 2. The zero-order valence-electron chi connectivity index (χ0n) is 12.6. The van der Waals surface area contributed by atoms with Gasteiger partial charge in [-0.15, -0.1) is 0 Å². The predicted molar refractivity (Wildman–Crippen MR) is 80.2 cm³/mol. The van der Waals surface area contributed by atoms with Gasteiger partial charge in [0.2, 0.25) is 5.91 Å². The molecule has 0 unspecified atom stereocenters. The summed E-state index contributed by atoms with van der Waals surface area (Å²) in [6, 6.07) is 9.27. The maximum atomic E-state index is 12.5. The van der Waals surface area contributed by atoms with Crippen LogP contribution >= 0.6 is 0 Å². The third-order valence-electron chi connectivity index (χ3n) is 4.43. The molecule has 0 bridgehead atoms. The zero-order valence-corrected chi connectivity index (χ0v) is 12.6. The second-order valence-corrected chi connectivity index (χ2v) is 5.86. The van der Waals surface area contributed by atoms with Gasteiger partial charge in [-0.1, -0.05) is 30.3 Å². The highest BCUT2D eigenvalue weighted by molar-refractivity contribution is 5.93. The molecule has 0 N–H and O–H groups in total. The van der Waals surface area contributed by atoms with Crippen LogP contribution in [0, 0.1) is 5.92 Å². The van der Waals surface area contributed by atoms with E-state index in [9.17, 15) is 9.59 Å². The van der Waals surface area contributed by atoms with E-state index in [1.54, 1.807) is 0 Å². The Morgan fingerprint density at radius 3 is 2.64 bits per heavy atom. The van der Waals surface area contributed by atoms with Gasteiger partial charge in [0.15, 0.2) is 0 Å². The van der Waals surface area contributed by atoms with Crippen molar-refractivity contribution in [1.29, 1.82) is 0 Å². The average molecular weight is 303 g/mol. The Kier molecular flexibility index (Phi) is 4.73. The molecule has 2 amide bonds. The second kappa shape index (κ2) is 6.92. The molecule has 22 heavy (non-hydrogen) atoms. The largest absolute Gasteiger partial charge is 0.446 e. The van der Waals surface area contributed by atoms with Crippen molar-refractivity contribution in [2.24, 2.45) is 5.92 Å². The molecule has 0 radical (unpaired) electrons. The van der Waals surface area contributed by atoms with Gasteiger partial charge in [0.05, 0.1) is 0 Å². The number of benzene rings is 1. The summed E-state index contributed by atoms with van der Waals surface area (Å²) in [5.41, 5.74) is 0.938. The summed E-state index contributed by atoms with van der Waals surface area (Å²) in [6.45, 7) is 1.79. The molecule has 0 aromatic heterocycles. The summed E-state index contributed by atoms with van der Waals surface area (Å²) in [7, 11) is 0. The fraction of sp³-hybridized carbons (Fsp3) is 0.529. The molecular formula is C17H21NO4. The van der Waals surface area contributed by atoms with Crippen LogP contribution in [0.25, 0.3) is 0 Å². The van der Waals surface area contributed by atoms with Crippen LogP contribution < -0.4 is 0 Å². The van der Waals surface area contributed by atoms with Gasteiger partial charge in [0.1, 0.15) is 12.6 Å². The van der Waals surface area contributed by atoms with Gasteiger partial charge in [-0.2, -0.15) is 0 Å². The predicted octanol–water partition coefficient (Wildman–Crippen LogP) is 2.91. The van der Waals surface area contributed by atoms with Crippen LogP contribution in [-0.2, 0) is 14.3 Å². The highest BCUT2D eigenvalue weighted by Crippen LogP contribution is 2.29. The summed E-state index contributed by atoms with van der Waals surface area (Å²) in [5, 5.41) is 0. The van der Waals surface area contributed by atoms with E-state index in [0.717, 1.165) is 38.0 Å². The highest BCUT2D eigenvalue weighted by atomic mass is 16.6. The van der Waals surface area contributed by atoms with Gasteiger partial charge in [-0.3, -0.25) is 4.79 Å². The van der Waals surface area contributed by atoms with Crippen molar-refractivity contribution in [3.8, 4) is 0 Å². The molecule has 0 aliphatic carbocycles. The van der Waals surface area contributed by atoms with Crippen molar-refractivity contribution < 1.29 is 19.1 Å². The Balaban J connectivity index is 1.62. The molecule has 5 heteroatoms. The highest BCUT2D eigenvalue weighted by Gasteiger charge is 2.38. The lowest BCUT2D eigenvalue weighted by Crippen LogP contribution is -2.34. The standard InChI is InChI=1S/C17H21NO4/c19-16(7-6-13-8-10-21-11-9-13)18-15(12-22-17(18)20)14-4-2-1-3-5-14/h1-5,13,15H,6-12H2/t15-/m0/s1. The van der Waals surface area contributed by atoms with Gasteiger partial charge in [-0.05, 0) is 30.7 Å². The van der Waals surface area contributed by atoms with Crippen molar-refractivity contribution in [2.75, 3.05) is 19.8 Å². The first-order valence-electron chi connectivity index (χ1n) is 7.87. The summed E-state index contributed by atoms with van der Waals surface area (Å²) < 4.78 is 10.4. The number of ether oxygens (including phenoxy) is 2. The quantitative estimate of drug-likeness (QED) is 0.858. The number of nitrogens with zero attached hydrogens (tertiary/aromatic N) is 1. The molecule has 5 nitrogen and oxygen atoms in total. The van der Waals surface area contributed by atoms with E-state index < -0.39 is 6.09 Å². The van der Waals surface area contributed by atoms with Crippen LogP contribution in [0.3, 0.4) is 0 Å². The lowest BCUT2D eigenvalue weighted by Gasteiger charge is -2.24. The fourth-order valence-corrected chi connectivity index (χ4v) is 3.10. The molecule has 1 aromatic carbocycles. The molecule has 2 aliphatic rings. The monoisotopic (exact) mass is 303 g/mol. The Morgan fingerprint density at radius 1 is 1.18 bits per heavy atom. The molecule has 118 valence electrons. The molecule has 2 aliphatic heterocycles. The minimum atomic E-state index is -0.522. The third kappa shape index (κ3) is 3.30. The number of rotatable bonds is 4. The molecule has 0 saturated carbocycles. The Hall–Kier alpha value is -1.88. The van der Waals surface area contributed by atoms with Crippen LogP contribution in [0.4, 0.5) is 4.79 Å². The molecule has 2 saturated heterocycles. The number of hydrogen-bond acceptors (Lipinski definition) is 4. The molecule has 1 atom stereocenters. The fourth-order valence-electron chi connectivity index (χ4n) is 3.10. The van der Waals surface area contributed by atoms with Crippen LogP contribution in [-0.4, -0.2) is 36.7 Å². The molecule has 2 heterocycles. The van der Waals surface area contributed by atoms with Gasteiger partial charge < -0.3 is 9.47 Å². The van der Waals surface area contributed by atoms with Gasteiger partial charge in [0, 0.05) is 19.6 Å². The Bertz CT molecular complexity index is 525. The van der Waals surface area contributed by atoms with E-state index in [-0.39, 0.29) is 18.6 Å². The summed E-state index contributed by atoms with van der Waals surface area (Å²) in [4.78, 5) is 25.7. The number of cyclic esters (lactones) is 1. The van der Waals surface area contributed by atoms with Crippen LogP contribution in [0.1, 0.15) is 37.3 Å². The number of amides is 2. The smallest absolute Gasteiger partial charge is 0.417 e. The van der Waals surface area contributed by atoms with Crippen molar-refractivity contribution in [2.45, 2.75) is 31.7 Å². The molecule has 0 spiro atoms. The summed E-state index contributed by atoms with van der Waals surface area (Å²) >= 11 is 0. The van der Waals surface area contributed by atoms with E-state index in [1.807, 2.05) is 30.3 Å². The third-order valence-corrected chi connectivity index (χ3v) is 4.43. The maximum Gasteiger partial charge on any atom is 0.417 e. The average Bonchev–Trinajstić information content (AvgIpc) is 2.96. The van der Waals surface area contributed by atoms with E-state index in [4.69, 9.17) is 9.47 Å². The molecule has 1 aromatic rings. The van der Waals surface area contributed by atoms with E-state index in [0.29, 0.717) is 12.3 Å². The first-order chi connectivity index (χ1) is 10.8. The van der Waals surface area contributed by atoms with E-state index >= 15 is 0 Å². The van der Waals surface area contributed by atoms with Gasteiger partial charge >= 0.3 is 6.09 Å². The van der Waals surface area contributed by atoms with Crippen LogP contribution in [0.5, 0.6) is 0 Å². The van der Waals surface area contributed by atoms with Crippen molar-refractivity contribution in [3.05, 3.63) is 35.9 Å². The number of imide groups is 1. The van der Waals surface area contributed by atoms with Crippen LogP contribution in [0.2, 0.25) is 0 Å². The van der Waals surface area contributed by atoms with Crippen molar-refractivity contribution in [3.63, 3.8) is 0 Å². The van der Waals surface area contributed by atoms with Gasteiger partial charge in [0.25, 0.3) is 0 Å². The lowest BCUT2D eigenvalue weighted by atomic mass is 9.94. The topological polar surface area (TPSA) is 55.8 Å². The normalized spacial score (nSPS) is 22.6. The van der Waals surface area contributed by atoms with Crippen molar-refractivity contribution in [1.82, 2.24) is 4.90 Å². The molecular weight excluding hydrogens is 282 g/mol. The number of hydrogen-bond donors (Lipinski definition) is 0. The van der Waals surface area contributed by atoms with Crippen molar-refractivity contribution >= 4 is 12.0 Å².